The predicted octanol–water partition coefficient (Wildman–Crippen LogP) is 3.72. The van der Waals surface area contributed by atoms with Crippen LogP contribution in [-0.2, 0) is 5.41 Å². The van der Waals surface area contributed by atoms with E-state index in [9.17, 15) is 5.11 Å². The highest BCUT2D eigenvalue weighted by Crippen LogP contribution is 2.32. The first-order chi connectivity index (χ1) is 7.60. The Morgan fingerprint density at radius 2 is 1.44 bits per heavy atom. The zero-order valence-electron chi connectivity index (χ0n) is 9.64. The molecule has 2 aromatic rings. The van der Waals surface area contributed by atoms with Crippen LogP contribution in [0.25, 0.3) is 0 Å². The van der Waals surface area contributed by atoms with E-state index in [1.54, 1.807) is 6.07 Å². The molecule has 0 fully saturated rings. The van der Waals surface area contributed by atoms with Crippen molar-refractivity contribution in [2.24, 2.45) is 0 Å². The lowest BCUT2D eigenvalue weighted by atomic mass is 9.78. The van der Waals surface area contributed by atoms with Crippen molar-refractivity contribution in [3.63, 3.8) is 0 Å². The van der Waals surface area contributed by atoms with Crippen LogP contribution in [0.1, 0.15) is 25.0 Å². The maximum Gasteiger partial charge on any atom is 0.115 e. The molecule has 0 heterocycles. The summed E-state index contributed by atoms with van der Waals surface area (Å²) in [5.41, 5.74) is 2.29. The van der Waals surface area contributed by atoms with E-state index in [0.717, 1.165) is 5.56 Å². The summed E-state index contributed by atoms with van der Waals surface area (Å²) in [5.74, 6) is 0.321. The van der Waals surface area contributed by atoms with Gasteiger partial charge < -0.3 is 5.11 Å². The molecule has 16 heavy (non-hydrogen) atoms. The summed E-state index contributed by atoms with van der Waals surface area (Å²) in [6.45, 7) is 4.33. The third-order valence-electron chi connectivity index (χ3n) is 3.06. The van der Waals surface area contributed by atoms with Crippen LogP contribution in [0.5, 0.6) is 5.75 Å². The van der Waals surface area contributed by atoms with Crippen LogP contribution < -0.4 is 0 Å². The van der Waals surface area contributed by atoms with Crippen molar-refractivity contribution in [2.75, 3.05) is 0 Å². The molecule has 0 aliphatic carbocycles. The minimum Gasteiger partial charge on any atom is -0.508 e. The molecule has 1 N–H and O–H groups in total. The Labute approximate surface area is 96.4 Å². The van der Waals surface area contributed by atoms with Gasteiger partial charge in [-0.3, -0.25) is 0 Å². The molecule has 0 saturated heterocycles. The van der Waals surface area contributed by atoms with Crippen LogP contribution in [0.4, 0.5) is 0 Å². The molecular formula is C15H16O. The smallest absolute Gasteiger partial charge is 0.115 e. The van der Waals surface area contributed by atoms with Gasteiger partial charge in [0.2, 0.25) is 0 Å². The number of aromatic hydroxyl groups is 1. The molecule has 2 aromatic carbocycles. The molecular weight excluding hydrogens is 196 g/mol. The summed E-state index contributed by atoms with van der Waals surface area (Å²) in [5, 5.41) is 9.52. The highest BCUT2D eigenvalue weighted by Gasteiger charge is 2.22. The number of hydrogen-bond donors (Lipinski definition) is 1. The minimum absolute atomic E-state index is 0.0833. The van der Waals surface area contributed by atoms with Crippen molar-refractivity contribution in [3.05, 3.63) is 65.7 Å². The van der Waals surface area contributed by atoms with E-state index < -0.39 is 0 Å². The first-order valence-corrected chi connectivity index (χ1v) is 5.46. The van der Waals surface area contributed by atoms with Gasteiger partial charge in [-0.2, -0.15) is 0 Å². The lowest BCUT2D eigenvalue weighted by Gasteiger charge is -2.26. The first kappa shape index (κ1) is 10.7. The molecule has 0 aromatic heterocycles. The number of hydrogen-bond acceptors (Lipinski definition) is 1. The third kappa shape index (κ3) is 1.94. The van der Waals surface area contributed by atoms with E-state index in [-0.39, 0.29) is 5.41 Å². The number of rotatable bonds is 2. The SMILES string of the molecule is CC(C)(c1ccccc1)c1cccc(O)c1. The molecule has 0 amide bonds. The van der Waals surface area contributed by atoms with Crippen molar-refractivity contribution in [3.8, 4) is 5.75 Å². The second kappa shape index (κ2) is 4.01. The van der Waals surface area contributed by atoms with Gasteiger partial charge in [0.15, 0.2) is 0 Å². The van der Waals surface area contributed by atoms with Gasteiger partial charge in [-0.05, 0) is 23.3 Å². The van der Waals surface area contributed by atoms with Gasteiger partial charge in [0.25, 0.3) is 0 Å². The Bertz CT molecular complexity index is 472. The van der Waals surface area contributed by atoms with Crippen LogP contribution in [0.2, 0.25) is 0 Å². The molecule has 2 rings (SSSR count). The van der Waals surface area contributed by atoms with E-state index in [1.807, 2.05) is 36.4 Å². The molecule has 0 saturated carbocycles. The minimum atomic E-state index is -0.0833. The molecule has 0 bridgehead atoms. The van der Waals surface area contributed by atoms with Crippen LogP contribution in [-0.4, -0.2) is 5.11 Å². The maximum atomic E-state index is 9.52. The maximum absolute atomic E-state index is 9.52. The molecule has 1 heteroatoms. The van der Waals surface area contributed by atoms with Crippen molar-refractivity contribution < 1.29 is 5.11 Å². The van der Waals surface area contributed by atoms with Gasteiger partial charge in [0, 0.05) is 5.41 Å². The predicted molar refractivity (Wildman–Crippen MR) is 66.7 cm³/mol. The lowest BCUT2D eigenvalue weighted by Crippen LogP contribution is -2.18. The highest BCUT2D eigenvalue weighted by atomic mass is 16.3. The van der Waals surface area contributed by atoms with E-state index in [1.165, 1.54) is 5.56 Å². The quantitative estimate of drug-likeness (QED) is 0.804. The third-order valence-corrected chi connectivity index (χ3v) is 3.06. The summed E-state index contributed by atoms with van der Waals surface area (Å²) >= 11 is 0. The Kier molecular flexibility index (Phi) is 2.69. The second-order valence-corrected chi connectivity index (χ2v) is 4.54. The zero-order valence-corrected chi connectivity index (χ0v) is 9.64. The van der Waals surface area contributed by atoms with Gasteiger partial charge in [-0.1, -0.05) is 56.3 Å². The van der Waals surface area contributed by atoms with Crippen LogP contribution in [0.15, 0.2) is 54.6 Å². The van der Waals surface area contributed by atoms with Crippen LogP contribution in [0.3, 0.4) is 0 Å². The molecule has 0 aliphatic rings. The zero-order chi connectivity index (χ0) is 11.6. The summed E-state index contributed by atoms with van der Waals surface area (Å²) in [6, 6.07) is 17.8. The van der Waals surface area contributed by atoms with E-state index >= 15 is 0 Å². The summed E-state index contributed by atoms with van der Waals surface area (Å²) in [7, 11) is 0. The van der Waals surface area contributed by atoms with Gasteiger partial charge >= 0.3 is 0 Å². The molecule has 0 atom stereocenters. The van der Waals surface area contributed by atoms with Crippen molar-refractivity contribution in [1.29, 1.82) is 0 Å². The second-order valence-electron chi connectivity index (χ2n) is 4.54. The van der Waals surface area contributed by atoms with Gasteiger partial charge in [-0.25, -0.2) is 0 Å². The van der Waals surface area contributed by atoms with E-state index in [0.29, 0.717) is 5.75 Å². The largest absolute Gasteiger partial charge is 0.508 e. The van der Waals surface area contributed by atoms with Crippen molar-refractivity contribution >= 4 is 0 Å². The first-order valence-electron chi connectivity index (χ1n) is 5.46. The molecule has 0 unspecified atom stereocenters. The average Bonchev–Trinajstić information content (AvgIpc) is 2.30. The molecule has 0 radical (unpaired) electrons. The normalized spacial score (nSPS) is 11.4. The number of benzene rings is 2. The van der Waals surface area contributed by atoms with Crippen LogP contribution in [0, 0.1) is 0 Å². The monoisotopic (exact) mass is 212 g/mol. The van der Waals surface area contributed by atoms with Crippen molar-refractivity contribution in [1.82, 2.24) is 0 Å². The fourth-order valence-corrected chi connectivity index (χ4v) is 1.92. The molecule has 82 valence electrons. The molecule has 1 nitrogen and oxygen atoms in total. The molecule has 0 spiro atoms. The Hall–Kier alpha value is -1.76. The van der Waals surface area contributed by atoms with Gasteiger partial charge in [0.05, 0.1) is 0 Å². The Balaban J connectivity index is 2.47. The highest BCUT2D eigenvalue weighted by molar-refractivity contribution is 5.40. The van der Waals surface area contributed by atoms with E-state index in [2.05, 4.69) is 26.0 Å². The fourth-order valence-electron chi connectivity index (χ4n) is 1.92. The van der Waals surface area contributed by atoms with Crippen molar-refractivity contribution in [2.45, 2.75) is 19.3 Å². The van der Waals surface area contributed by atoms with E-state index in [4.69, 9.17) is 0 Å². The Morgan fingerprint density at radius 1 is 0.812 bits per heavy atom. The average molecular weight is 212 g/mol. The summed E-state index contributed by atoms with van der Waals surface area (Å²) in [4.78, 5) is 0. The Morgan fingerprint density at radius 3 is 2.06 bits per heavy atom. The topological polar surface area (TPSA) is 20.2 Å². The molecule has 0 aliphatic heterocycles. The number of phenolic OH excluding ortho intramolecular Hbond substituents is 1. The summed E-state index contributed by atoms with van der Waals surface area (Å²) in [6.07, 6.45) is 0. The van der Waals surface area contributed by atoms with Crippen LogP contribution >= 0.6 is 0 Å². The number of phenols is 1. The van der Waals surface area contributed by atoms with Gasteiger partial charge in [-0.15, -0.1) is 0 Å². The fraction of sp³-hybridized carbons (Fsp3) is 0.200. The van der Waals surface area contributed by atoms with Gasteiger partial charge in [0.1, 0.15) is 5.75 Å². The lowest BCUT2D eigenvalue weighted by molar-refractivity contribution is 0.472. The standard InChI is InChI=1S/C15H16O/c1-15(2,12-7-4-3-5-8-12)13-9-6-10-14(16)11-13/h3-11,16H,1-2H3. The summed E-state index contributed by atoms with van der Waals surface area (Å²) < 4.78 is 0.